The molecule has 5 rings (SSSR count). The van der Waals surface area contributed by atoms with E-state index in [1.54, 1.807) is 0 Å². The van der Waals surface area contributed by atoms with Crippen molar-refractivity contribution < 1.29 is 25.8 Å². The van der Waals surface area contributed by atoms with E-state index in [0.717, 1.165) is 17.1 Å². The number of fused-ring (bicyclic) bond motifs is 1. The average Bonchev–Trinajstić information content (AvgIpc) is 3.27. The van der Waals surface area contributed by atoms with Crippen molar-refractivity contribution >= 4 is 17.1 Å². The Bertz CT molecular complexity index is 1300. The SMILES string of the molecule is CN1C=CN(c2[c-]c(Oc3[c-]c(N4[CH-]N(C)C(C)(C)c5ccccc54)ccc3)cc(C(C)(C)C)c2)[CH-]1.[Pt+4]. The monoisotopic (exact) mass is 673 g/mol. The predicted molar refractivity (Wildman–Crippen MR) is 147 cm³/mol. The van der Waals surface area contributed by atoms with Gasteiger partial charge in [-0.25, -0.2) is 0 Å². The van der Waals surface area contributed by atoms with Gasteiger partial charge in [-0.05, 0) is 57.4 Å². The summed E-state index contributed by atoms with van der Waals surface area (Å²) in [5, 5.41) is 0. The average molecular weight is 674 g/mol. The van der Waals surface area contributed by atoms with Gasteiger partial charge < -0.3 is 24.3 Å². The molecular formula is C31H34N4OPt. The van der Waals surface area contributed by atoms with Crippen molar-refractivity contribution in [3.8, 4) is 11.5 Å². The first-order valence-electron chi connectivity index (χ1n) is 12.3. The van der Waals surface area contributed by atoms with Crippen LogP contribution in [-0.2, 0) is 32.0 Å². The van der Waals surface area contributed by atoms with Crippen molar-refractivity contribution in [3.63, 3.8) is 0 Å². The molecule has 0 amide bonds. The van der Waals surface area contributed by atoms with Crippen molar-refractivity contribution in [2.75, 3.05) is 23.9 Å². The Morgan fingerprint density at radius 3 is 2.27 bits per heavy atom. The van der Waals surface area contributed by atoms with E-state index in [0.29, 0.717) is 11.5 Å². The van der Waals surface area contributed by atoms with Crippen LogP contribution in [0.25, 0.3) is 0 Å². The maximum atomic E-state index is 6.38. The van der Waals surface area contributed by atoms with Crippen LogP contribution in [0, 0.1) is 25.5 Å². The molecule has 0 bridgehead atoms. The largest absolute Gasteiger partial charge is 4.00 e. The third-order valence-corrected chi connectivity index (χ3v) is 6.97. The second-order valence-electron chi connectivity index (χ2n) is 11.0. The molecule has 2 aliphatic rings. The normalized spacial score (nSPS) is 17.0. The van der Waals surface area contributed by atoms with Gasteiger partial charge in [0.25, 0.3) is 0 Å². The molecule has 3 aromatic rings. The minimum atomic E-state index is -0.102. The summed E-state index contributed by atoms with van der Waals surface area (Å²) >= 11 is 0. The van der Waals surface area contributed by atoms with E-state index in [1.165, 1.54) is 11.1 Å². The summed E-state index contributed by atoms with van der Waals surface area (Å²) in [5.74, 6) is 1.32. The van der Waals surface area contributed by atoms with Crippen LogP contribution in [0.1, 0.15) is 45.7 Å². The summed E-state index contributed by atoms with van der Waals surface area (Å²) in [7, 11) is 4.12. The van der Waals surface area contributed by atoms with E-state index in [-0.39, 0.29) is 32.0 Å². The molecule has 0 aromatic heterocycles. The minimum Gasteiger partial charge on any atom is -0.510 e. The van der Waals surface area contributed by atoms with E-state index in [2.05, 4.69) is 118 Å². The van der Waals surface area contributed by atoms with Gasteiger partial charge in [0.05, 0.1) is 0 Å². The van der Waals surface area contributed by atoms with E-state index in [4.69, 9.17) is 4.74 Å². The fraction of sp³-hybridized carbons (Fsp3) is 0.290. The van der Waals surface area contributed by atoms with Crippen molar-refractivity contribution in [2.24, 2.45) is 0 Å². The van der Waals surface area contributed by atoms with Gasteiger partial charge in [0.1, 0.15) is 0 Å². The van der Waals surface area contributed by atoms with Gasteiger partial charge >= 0.3 is 21.1 Å². The maximum Gasteiger partial charge on any atom is 4.00 e. The topological polar surface area (TPSA) is 22.2 Å². The van der Waals surface area contributed by atoms with Crippen molar-refractivity contribution in [2.45, 2.75) is 45.6 Å². The first-order valence-corrected chi connectivity index (χ1v) is 12.3. The second-order valence-corrected chi connectivity index (χ2v) is 11.0. The van der Waals surface area contributed by atoms with Gasteiger partial charge in [-0.15, -0.1) is 53.3 Å². The molecule has 0 radical (unpaired) electrons. The van der Waals surface area contributed by atoms with Gasteiger partial charge in [-0.1, -0.05) is 39.0 Å². The van der Waals surface area contributed by atoms with Crippen molar-refractivity contribution in [3.05, 3.63) is 104 Å². The molecule has 194 valence electrons. The number of anilines is 3. The molecule has 0 atom stereocenters. The molecule has 0 spiro atoms. The molecule has 2 heterocycles. The van der Waals surface area contributed by atoms with Gasteiger partial charge in [-0.2, -0.15) is 19.4 Å². The quantitative estimate of drug-likeness (QED) is 0.274. The summed E-state index contributed by atoms with van der Waals surface area (Å²) in [6, 6.07) is 25.7. The van der Waals surface area contributed by atoms with Crippen LogP contribution in [0.15, 0.2) is 67.0 Å². The minimum absolute atomic E-state index is 0. The summed E-state index contributed by atoms with van der Waals surface area (Å²) in [6.07, 6.45) is 4.04. The van der Waals surface area contributed by atoms with E-state index in [9.17, 15) is 0 Å². The number of hydrogen-bond acceptors (Lipinski definition) is 5. The zero-order valence-corrected chi connectivity index (χ0v) is 24.8. The zero-order valence-electron chi connectivity index (χ0n) is 22.5. The molecule has 6 heteroatoms. The Hall–Kier alpha value is -2.75. The first kappa shape index (κ1) is 27.3. The third kappa shape index (κ3) is 5.44. The van der Waals surface area contributed by atoms with Crippen molar-refractivity contribution in [1.82, 2.24) is 9.80 Å². The van der Waals surface area contributed by atoms with E-state index in [1.807, 2.05) is 43.1 Å². The fourth-order valence-corrected chi connectivity index (χ4v) is 4.47. The van der Waals surface area contributed by atoms with Crippen LogP contribution in [-0.4, -0.2) is 23.9 Å². The zero-order chi connectivity index (χ0) is 25.7. The Morgan fingerprint density at radius 2 is 1.57 bits per heavy atom. The molecule has 0 saturated heterocycles. The predicted octanol–water partition coefficient (Wildman–Crippen LogP) is 7.15. The van der Waals surface area contributed by atoms with E-state index < -0.39 is 0 Å². The summed E-state index contributed by atoms with van der Waals surface area (Å²) < 4.78 is 6.38. The summed E-state index contributed by atoms with van der Waals surface area (Å²) in [6.45, 7) is 15.3. The number of benzene rings is 3. The van der Waals surface area contributed by atoms with Crippen LogP contribution in [0.5, 0.6) is 11.5 Å². The molecule has 0 aliphatic carbocycles. The van der Waals surface area contributed by atoms with Gasteiger partial charge in [0.15, 0.2) is 0 Å². The summed E-state index contributed by atoms with van der Waals surface area (Å²) in [4.78, 5) is 8.48. The van der Waals surface area contributed by atoms with E-state index >= 15 is 0 Å². The fourth-order valence-electron chi connectivity index (χ4n) is 4.47. The smallest absolute Gasteiger partial charge is 0.510 e. The van der Waals surface area contributed by atoms with Crippen LogP contribution < -0.4 is 14.5 Å². The Kier molecular flexibility index (Phi) is 7.52. The van der Waals surface area contributed by atoms with Gasteiger partial charge in [0, 0.05) is 22.7 Å². The second kappa shape index (κ2) is 10.2. The molecule has 2 aliphatic heterocycles. The molecule has 0 unspecified atom stereocenters. The van der Waals surface area contributed by atoms with Crippen molar-refractivity contribution in [1.29, 1.82) is 0 Å². The standard InChI is InChI=1S/C31H34N4O.Pt/c1-30(2,3)23-17-25(34-16-15-32(6)21-34)20-27(18-23)36-26-12-10-11-24(19-26)35-22-33(7)31(4,5)28-13-8-9-14-29(28)35;/h8-18,21-22H,1-7H3;/q-4;+4. The molecule has 37 heavy (non-hydrogen) atoms. The summed E-state index contributed by atoms with van der Waals surface area (Å²) in [5.41, 5.74) is 5.33. The van der Waals surface area contributed by atoms with Crippen LogP contribution in [0.2, 0.25) is 0 Å². The molecule has 0 N–H and O–H groups in total. The molecule has 0 saturated carbocycles. The Labute approximate surface area is 236 Å². The van der Waals surface area contributed by atoms with Crippen LogP contribution in [0.4, 0.5) is 17.1 Å². The van der Waals surface area contributed by atoms with Crippen LogP contribution in [0.3, 0.4) is 0 Å². The number of rotatable bonds is 4. The molecule has 5 nitrogen and oxygen atoms in total. The first-order chi connectivity index (χ1) is 17.0. The van der Waals surface area contributed by atoms with Gasteiger partial charge in [0.2, 0.25) is 0 Å². The number of para-hydroxylation sites is 1. The Balaban J connectivity index is 0.00000320. The number of hydrogen-bond donors (Lipinski definition) is 0. The third-order valence-electron chi connectivity index (χ3n) is 6.97. The maximum absolute atomic E-state index is 6.38. The number of nitrogens with zero attached hydrogens (tertiary/aromatic N) is 4. The molecule has 3 aromatic carbocycles. The Morgan fingerprint density at radius 1 is 0.838 bits per heavy atom. The molecular weight excluding hydrogens is 639 g/mol. The van der Waals surface area contributed by atoms with Gasteiger partial charge in [-0.3, -0.25) is 0 Å². The molecule has 0 fully saturated rings. The number of ether oxygens (including phenoxy) is 1. The van der Waals surface area contributed by atoms with Crippen LogP contribution >= 0.6 is 0 Å².